The van der Waals surface area contributed by atoms with E-state index in [1.807, 2.05) is 6.92 Å². The van der Waals surface area contributed by atoms with Crippen molar-refractivity contribution in [2.24, 2.45) is 7.05 Å². The molecule has 1 aromatic rings. The molecule has 0 radical (unpaired) electrons. The van der Waals surface area contributed by atoms with Gasteiger partial charge < -0.3 is 5.32 Å². The van der Waals surface area contributed by atoms with E-state index in [2.05, 4.69) is 11.9 Å². The third kappa shape index (κ3) is 3.64. The first-order valence-electron chi connectivity index (χ1n) is 6.20. The highest BCUT2D eigenvalue weighted by molar-refractivity contribution is 5.22. The molecule has 110 valence electrons. The van der Waals surface area contributed by atoms with Gasteiger partial charge in [-0.1, -0.05) is 13.5 Å². The van der Waals surface area contributed by atoms with Crippen molar-refractivity contribution >= 4 is 5.69 Å². The van der Waals surface area contributed by atoms with Crippen LogP contribution in [0.1, 0.15) is 13.3 Å². The lowest BCUT2D eigenvalue weighted by Crippen LogP contribution is -2.40. The van der Waals surface area contributed by atoms with E-state index in [0.717, 1.165) is 28.3 Å². The summed E-state index contributed by atoms with van der Waals surface area (Å²) in [4.78, 5) is 33.7. The Kier molecular flexibility index (Phi) is 5.39. The van der Waals surface area contributed by atoms with Gasteiger partial charge in [-0.25, -0.2) is 4.79 Å². The summed E-state index contributed by atoms with van der Waals surface area (Å²) in [6.45, 7) is 6.98. The Morgan fingerprint density at radius 2 is 2.15 bits per heavy atom. The molecule has 0 spiro atoms. The fourth-order valence-electron chi connectivity index (χ4n) is 1.70. The second-order valence-electron chi connectivity index (χ2n) is 4.48. The summed E-state index contributed by atoms with van der Waals surface area (Å²) >= 11 is 0. The van der Waals surface area contributed by atoms with Crippen molar-refractivity contribution < 1.29 is 4.92 Å². The minimum absolute atomic E-state index is 0.0378. The van der Waals surface area contributed by atoms with E-state index in [0.29, 0.717) is 12.1 Å². The quantitative estimate of drug-likeness (QED) is 0.329. The Morgan fingerprint density at radius 3 is 2.70 bits per heavy atom. The van der Waals surface area contributed by atoms with Crippen molar-refractivity contribution in [1.82, 2.24) is 14.5 Å². The summed E-state index contributed by atoms with van der Waals surface area (Å²) in [7, 11) is 1.36. The summed E-state index contributed by atoms with van der Waals surface area (Å²) in [5.41, 5.74) is -1.52. The molecule has 1 heterocycles. The highest BCUT2D eigenvalue weighted by Gasteiger charge is 2.18. The van der Waals surface area contributed by atoms with Crippen molar-refractivity contribution in [3.8, 4) is 0 Å². The van der Waals surface area contributed by atoms with Crippen LogP contribution in [0.5, 0.6) is 0 Å². The van der Waals surface area contributed by atoms with Gasteiger partial charge in [-0.05, 0) is 18.5 Å². The van der Waals surface area contributed by atoms with Crippen LogP contribution in [0, 0.1) is 10.1 Å². The summed E-state index contributed by atoms with van der Waals surface area (Å²) in [5, 5.41) is 13.9. The maximum absolute atomic E-state index is 11.9. The van der Waals surface area contributed by atoms with Gasteiger partial charge in [-0.2, -0.15) is 0 Å². The van der Waals surface area contributed by atoms with E-state index in [9.17, 15) is 19.7 Å². The topological polar surface area (TPSA) is 99.2 Å². The van der Waals surface area contributed by atoms with Crippen molar-refractivity contribution in [1.29, 1.82) is 0 Å². The van der Waals surface area contributed by atoms with Crippen molar-refractivity contribution in [2.45, 2.75) is 19.9 Å². The smallest absolute Gasteiger partial charge is 0.313 e. The molecule has 0 aromatic carbocycles. The minimum atomic E-state index is -0.908. The van der Waals surface area contributed by atoms with Crippen LogP contribution in [-0.4, -0.2) is 27.1 Å². The molecule has 0 bridgehead atoms. The zero-order valence-corrected chi connectivity index (χ0v) is 11.6. The molecule has 0 saturated carbocycles. The predicted octanol–water partition coefficient (Wildman–Crippen LogP) is 0.0110. The molecule has 0 aliphatic rings. The zero-order valence-electron chi connectivity index (χ0n) is 11.6. The van der Waals surface area contributed by atoms with Crippen LogP contribution in [0.3, 0.4) is 0 Å². The molecule has 0 fully saturated rings. The van der Waals surface area contributed by atoms with E-state index in [4.69, 9.17) is 0 Å². The van der Waals surface area contributed by atoms with Crippen molar-refractivity contribution in [3.63, 3.8) is 0 Å². The number of aryl methyl sites for hydroxylation is 1. The van der Waals surface area contributed by atoms with E-state index < -0.39 is 21.9 Å². The number of nitrogens with zero attached hydrogens (tertiary/aromatic N) is 3. The molecule has 0 saturated heterocycles. The minimum Gasteiger partial charge on any atom is -0.313 e. The van der Waals surface area contributed by atoms with Gasteiger partial charge in [0.2, 0.25) is 0 Å². The van der Waals surface area contributed by atoms with E-state index in [1.54, 1.807) is 0 Å². The van der Waals surface area contributed by atoms with E-state index in [1.165, 1.54) is 7.05 Å². The molecule has 0 atom stereocenters. The summed E-state index contributed by atoms with van der Waals surface area (Å²) in [5.74, 6) is 0. The van der Waals surface area contributed by atoms with E-state index in [-0.39, 0.29) is 6.54 Å². The molecule has 0 aliphatic heterocycles. The molecular formula is C12H18N4O4. The second kappa shape index (κ2) is 6.80. The Labute approximate surface area is 115 Å². The lowest BCUT2D eigenvalue weighted by Gasteiger charge is -2.10. The zero-order chi connectivity index (χ0) is 15.3. The van der Waals surface area contributed by atoms with Gasteiger partial charge in [-0.15, -0.1) is 0 Å². The average Bonchev–Trinajstić information content (AvgIpc) is 2.39. The Balaban J connectivity index is 3.06. The number of rotatable bonds is 7. The van der Waals surface area contributed by atoms with Crippen molar-refractivity contribution in [3.05, 3.63) is 49.3 Å². The number of nitro groups is 1. The molecule has 8 nitrogen and oxygen atoms in total. The van der Waals surface area contributed by atoms with Crippen LogP contribution in [0.4, 0.5) is 5.69 Å². The molecule has 20 heavy (non-hydrogen) atoms. The van der Waals surface area contributed by atoms with Gasteiger partial charge in [0.05, 0.1) is 17.7 Å². The summed E-state index contributed by atoms with van der Waals surface area (Å²) in [6.07, 6.45) is 1.88. The Bertz CT molecular complexity index is 629. The number of nitrogens with one attached hydrogen (secondary N) is 1. The fourth-order valence-corrected chi connectivity index (χ4v) is 1.70. The third-order valence-corrected chi connectivity index (χ3v) is 2.69. The SMILES string of the molecule is C=C(CNCCC)Cn1c(=O)c([N+](=O)[O-])cn(C)c1=O. The second-order valence-corrected chi connectivity index (χ2v) is 4.48. The van der Waals surface area contributed by atoms with Gasteiger partial charge in [0.1, 0.15) is 0 Å². The Morgan fingerprint density at radius 1 is 1.50 bits per heavy atom. The molecule has 1 rings (SSSR count). The summed E-state index contributed by atoms with van der Waals surface area (Å²) in [6, 6.07) is 0. The van der Waals surface area contributed by atoms with Gasteiger partial charge in [0.15, 0.2) is 0 Å². The maximum atomic E-state index is 11.9. The highest BCUT2D eigenvalue weighted by atomic mass is 16.6. The first kappa shape index (κ1) is 15.8. The molecule has 1 N–H and O–H groups in total. The van der Waals surface area contributed by atoms with Gasteiger partial charge >= 0.3 is 16.9 Å². The van der Waals surface area contributed by atoms with Gasteiger partial charge in [0.25, 0.3) is 0 Å². The normalized spacial score (nSPS) is 10.5. The number of hydrogen-bond donors (Lipinski definition) is 1. The lowest BCUT2D eigenvalue weighted by atomic mass is 10.3. The molecule has 0 amide bonds. The van der Waals surface area contributed by atoms with Crippen LogP contribution in [0.2, 0.25) is 0 Å². The molecule has 0 aliphatic carbocycles. The van der Waals surface area contributed by atoms with Crippen LogP contribution in [0.25, 0.3) is 0 Å². The average molecular weight is 282 g/mol. The molecule has 1 aromatic heterocycles. The first-order chi connectivity index (χ1) is 9.38. The monoisotopic (exact) mass is 282 g/mol. The number of aromatic nitrogens is 2. The lowest BCUT2D eigenvalue weighted by molar-refractivity contribution is -0.387. The predicted molar refractivity (Wildman–Crippen MR) is 74.9 cm³/mol. The summed E-state index contributed by atoms with van der Waals surface area (Å²) < 4.78 is 1.85. The fraction of sp³-hybridized carbons (Fsp3) is 0.500. The molecule has 8 heteroatoms. The first-order valence-corrected chi connectivity index (χ1v) is 6.20. The largest absolute Gasteiger partial charge is 0.350 e. The van der Waals surface area contributed by atoms with E-state index >= 15 is 0 Å². The van der Waals surface area contributed by atoms with Crippen LogP contribution < -0.4 is 16.6 Å². The Hall–Kier alpha value is -2.22. The molecule has 0 unspecified atom stereocenters. The van der Waals surface area contributed by atoms with Gasteiger partial charge in [-0.3, -0.25) is 24.0 Å². The third-order valence-electron chi connectivity index (χ3n) is 2.69. The highest BCUT2D eigenvalue weighted by Crippen LogP contribution is 2.00. The molecular weight excluding hydrogens is 264 g/mol. The standard InChI is InChI=1S/C12H18N4O4/c1-4-5-13-6-9(2)7-15-11(17)10(16(19)20)8-14(3)12(15)18/h8,13H,2,4-7H2,1,3H3. The van der Waals surface area contributed by atoms with Crippen LogP contribution in [0.15, 0.2) is 27.9 Å². The van der Waals surface area contributed by atoms with Gasteiger partial charge in [0, 0.05) is 13.6 Å². The van der Waals surface area contributed by atoms with Crippen molar-refractivity contribution in [2.75, 3.05) is 13.1 Å². The maximum Gasteiger partial charge on any atom is 0.350 e. The number of hydrogen-bond acceptors (Lipinski definition) is 5. The van der Waals surface area contributed by atoms with Crippen LogP contribution in [-0.2, 0) is 13.6 Å². The van der Waals surface area contributed by atoms with Crippen LogP contribution >= 0.6 is 0 Å².